The lowest BCUT2D eigenvalue weighted by Crippen LogP contribution is -2.37. The Balaban J connectivity index is 1.87. The van der Waals surface area contributed by atoms with E-state index < -0.39 is 10.1 Å². The first-order valence-corrected chi connectivity index (χ1v) is 13.5. The second kappa shape index (κ2) is 12.4. The largest absolute Gasteiger partial charge is 0.495 e. The summed E-state index contributed by atoms with van der Waals surface area (Å²) in [6.45, 7) is 4.63. The fourth-order valence-electron chi connectivity index (χ4n) is 3.51. The molecule has 11 heteroatoms. The Bertz CT molecular complexity index is 1360. The molecule has 0 fully saturated rings. The molecule has 0 aliphatic carbocycles. The van der Waals surface area contributed by atoms with Crippen LogP contribution in [-0.2, 0) is 16.7 Å². The third kappa shape index (κ3) is 7.44. The molecule has 3 rings (SSSR count). The Morgan fingerprint density at radius 2 is 1.62 bits per heavy atom. The summed E-state index contributed by atoms with van der Waals surface area (Å²) in [6, 6.07) is 15.5. The fraction of sp³-hybridized carbons (Fsp3) is 0.269. The molecule has 0 aliphatic heterocycles. The average Bonchev–Trinajstić information content (AvgIpc) is 2.85. The van der Waals surface area contributed by atoms with E-state index in [1.165, 1.54) is 38.5 Å². The molecule has 0 saturated carbocycles. The van der Waals surface area contributed by atoms with Gasteiger partial charge in [-0.3, -0.25) is 0 Å². The molecular weight excluding hydrogens is 539 g/mol. The van der Waals surface area contributed by atoms with Crippen molar-refractivity contribution in [3.63, 3.8) is 0 Å². The molecule has 8 nitrogen and oxygen atoms in total. The van der Waals surface area contributed by atoms with E-state index >= 15 is 0 Å². The van der Waals surface area contributed by atoms with Crippen LogP contribution in [0.3, 0.4) is 0 Å². The predicted molar refractivity (Wildman–Crippen MR) is 145 cm³/mol. The molecule has 0 aromatic heterocycles. The SMILES string of the molecule is COc1ccccc1NC(=O)N(Cc1ccc(OC)c(OS(=O)(=O)c2ccc(Cl)c(Cl)c2)c1)CC(C)C. The monoisotopic (exact) mass is 566 g/mol. The van der Waals surface area contributed by atoms with E-state index in [1.54, 1.807) is 35.2 Å². The predicted octanol–water partition coefficient (Wildman–Crippen LogP) is 6.47. The summed E-state index contributed by atoms with van der Waals surface area (Å²) in [5.74, 6) is 0.891. The molecule has 1 N–H and O–H groups in total. The number of amides is 2. The summed E-state index contributed by atoms with van der Waals surface area (Å²) in [4.78, 5) is 14.6. The van der Waals surface area contributed by atoms with Gasteiger partial charge < -0.3 is 23.9 Å². The minimum atomic E-state index is -4.24. The lowest BCUT2D eigenvalue weighted by molar-refractivity contribution is 0.201. The standard InChI is InChI=1S/C26H28Cl2N2O6S/c1-17(2)15-30(26(31)29-22-7-5-6-8-23(22)34-3)16-18-9-12-24(35-4)25(13-18)36-37(32,33)19-10-11-20(27)21(28)14-19/h5-14,17H,15-16H2,1-4H3,(H,29,31). The van der Waals surface area contributed by atoms with Crippen molar-refractivity contribution in [3.8, 4) is 17.2 Å². The van der Waals surface area contributed by atoms with Crippen LogP contribution in [0.5, 0.6) is 17.2 Å². The highest BCUT2D eigenvalue weighted by atomic mass is 35.5. The molecule has 0 bridgehead atoms. The van der Waals surface area contributed by atoms with Crippen molar-refractivity contribution < 1.29 is 26.9 Å². The van der Waals surface area contributed by atoms with Gasteiger partial charge in [-0.2, -0.15) is 8.42 Å². The van der Waals surface area contributed by atoms with Crippen molar-refractivity contribution >= 4 is 45.0 Å². The first-order chi connectivity index (χ1) is 17.5. The van der Waals surface area contributed by atoms with Crippen LogP contribution in [0.15, 0.2) is 65.6 Å². The van der Waals surface area contributed by atoms with Crippen LogP contribution in [0.2, 0.25) is 10.0 Å². The molecule has 3 aromatic carbocycles. The molecule has 0 heterocycles. The third-order valence-electron chi connectivity index (χ3n) is 5.20. The highest BCUT2D eigenvalue weighted by Crippen LogP contribution is 2.33. The zero-order chi connectivity index (χ0) is 27.2. The number of urea groups is 1. The van der Waals surface area contributed by atoms with Gasteiger partial charge in [0.25, 0.3) is 0 Å². The molecule has 0 unspecified atom stereocenters. The molecule has 37 heavy (non-hydrogen) atoms. The topological polar surface area (TPSA) is 94.2 Å². The number of anilines is 1. The zero-order valence-corrected chi connectivity index (χ0v) is 23.2. The summed E-state index contributed by atoms with van der Waals surface area (Å²) < 4.78 is 41.9. The van der Waals surface area contributed by atoms with Crippen molar-refractivity contribution in [1.29, 1.82) is 0 Å². The highest BCUT2D eigenvalue weighted by molar-refractivity contribution is 7.87. The lowest BCUT2D eigenvalue weighted by Gasteiger charge is -2.26. The number of hydrogen-bond acceptors (Lipinski definition) is 6. The number of rotatable bonds is 10. The summed E-state index contributed by atoms with van der Waals surface area (Å²) in [6.07, 6.45) is 0. The minimum Gasteiger partial charge on any atom is -0.495 e. The van der Waals surface area contributed by atoms with Gasteiger partial charge in [0.05, 0.1) is 30.0 Å². The maximum atomic E-state index is 13.2. The Labute approximate surface area is 227 Å². The Morgan fingerprint density at radius 3 is 2.27 bits per heavy atom. The van der Waals surface area contributed by atoms with Gasteiger partial charge in [-0.05, 0) is 53.9 Å². The number of carbonyl (C=O) groups excluding carboxylic acids is 1. The van der Waals surface area contributed by atoms with E-state index in [1.807, 2.05) is 19.9 Å². The van der Waals surface area contributed by atoms with Crippen LogP contribution < -0.4 is 19.0 Å². The highest BCUT2D eigenvalue weighted by Gasteiger charge is 2.22. The van der Waals surface area contributed by atoms with E-state index in [-0.39, 0.29) is 44.9 Å². The van der Waals surface area contributed by atoms with Gasteiger partial charge in [-0.15, -0.1) is 0 Å². The van der Waals surface area contributed by atoms with E-state index in [4.69, 9.17) is 36.9 Å². The normalized spacial score (nSPS) is 11.2. The number of carbonyl (C=O) groups is 1. The number of nitrogens with one attached hydrogen (secondary N) is 1. The maximum Gasteiger partial charge on any atom is 0.339 e. The summed E-state index contributed by atoms with van der Waals surface area (Å²) in [5, 5.41) is 3.18. The van der Waals surface area contributed by atoms with Gasteiger partial charge in [0.15, 0.2) is 11.5 Å². The quantitative estimate of drug-likeness (QED) is 0.282. The van der Waals surface area contributed by atoms with Gasteiger partial charge >= 0.3 is 16.1 Å². The van der Waals surface area contributed by atoms with Crippen LogP contribution >= 0.6 is 23.2 Å². The fourth-order valence-corrected chi connectivity index (χ4v) is 4.83. The number of nitrogens with zero attached hydrogens (tertiary/aromatic N) is 1. The molecule has 0 aliphatic rings. The summed E-state index contributed by atoms with van der Waals surface area (Å²) in [7, 11) is -1.31. The maximum absolute atomic E-state index is 13.2. The molecule has 0 spiro atoms. The van der Waals surface area contributed by atoms with Gasteiger partial charge in [0, 0.05) is 13.1 Å². The lowest BCUT2D eigenvalue weighted by atomic mass is 10.1. The Morgan fingerprint density at radius 1 is 0.919 bits per heavy atom. The molecule has 198 valence electrons. The molecular formula is C26H28Cl2N2O6S. The molecule has 3 aromatic rings. The first kappa shape index (κ1) is 28.4. The number of para-hydroxylation sites is 2. The molecule has 0 radical (unpaired) electrons. The number of halogens is 2. The average molecular weight is 567 g/mol. The second-order valence-corrected chi connectivity index (χ2v) is 10.9. The van der Waals surface area contributed by atoms with Gasteiger partial charge in [0.1, 0.15) is 10.6 Å². The van der Waals surface area contributed by atoms with Crippen LogP contribution in [0.25, 0.3) is 0 Å². The number of hydrogen-bond donors (Lipinski definition) is 1. The number of methoxy groups -OCH3 is 2. The molecule has 2 amide bonds. The number of benzene rings is 3. The Kier molecular flexibility index (Phi) is 9.53. The zero-order valence-electron chi connectivity index (χ0n) is 20.8. The molecule has 0 atom stereocenters. The van der Waals surface area contributed by atoms with Crippen molar-refractivity contribution in [3.05, 3.63) is 76.3 Å². The first-order valence-electron chi connectivity index (χ1n) is 11.3. The minimum absolute atomic E-state index is 0.0271. The van der Waals surface area contributed by atoms with Crippen LogP contribution in [0.4, 0.5) is 10.5 Å². The molecule has 0 saturated heterocycles. The van der Waals surface area contributed by atoms with E-state index in [2.05, 4.69) is 5.32 Å². The van der Waals surface area contributed by atoms with Gasteiger partial charge in [-0.1, -0.05) is 55.2 Å². The smallest absolute Gasteiger partial charge is 0.339 e. The van der Waals surface area contributed by atoms with Crippen LogP contribution in [-0.4, -0.2) is 40.1 Å². The van der Waals surface area contributed by atoms with Crippen molar-refractivity contribution in [2.75, 3.05) is 26.1 Å². The Hall–Kier alpha value is -3.14. The van der Waals surface area contributed by atoms with Crippen LogP contribution in [0.1, 0.15) is 19.4 Å². The van der Waals surface area contributed by atoms with E-state index in [9.17, 15) is 13.2 Å². The second-order valence-electron chi connectivity index (χ2n) is 8.50. The summed E-state index contributed by atoms with van der Waals surface area (Å²) >= 11 is 11.9. The summed E-state index contributed by atoms with van der Waals surface area (Å²) in [5.41, 5.74) is 1.17. The van der Waals surface area contributed by atoms with E-state index in [0.717, 1.165) is 0 Å². The van der Waals surface area contributed by atoms with Gasteiger partial charge in [0.2, 0.25) is 0 Å². The van der Waals surface area contributed by atoms with Crippen LogP contribution in [0, 0.1) is 5.92 Å². The third-order valence-corrected chi connectivity index (χ3v) is 7.17. The van der Waals surface area contributed by atoms with E-state index in [0.29, 0.717) is 23.5 Å². The van der Waals surface area contributed by atoms with Crippen molar-refractivity contribution in [1.82, 2.24) is 4.90 Å². The van der Waals surface area contributed by atoms with Crippen molar-refractivity contribution in [2.45, 2.75) is 25.3 Å². The van der Waals surface area contributed by atoms with Gasteiger partial charge in [-0.25, -0.2) is 4.79 Å². The van der Waals surface area contributed by atoms with Crippen molar-refractivity contribution in [2.24, 2.45) is 5.92 Å². The number of ether oxygens (including phenoxy) is 2.